The second kappa shape index (κ2) is 3.76. The van der Waals surface area contributed by atoms with E-state index in [1.807, 2.05) is 13.0 Å². The molecule has 0 radical (unpaired) electrons. The first-order valence-corrected chi connectivity index (χ1v) is 4.39. The van der Waals surface area contributed by atoms with Crippen LogP contribution in [0, 0.1) is 11.8 Å². The van der Waals surface area contributed by atoms with Crippen molar-refractivity contribution < 1.29 is 0 Å². The number of rotatable bonds is 2. The lowest BCUT2D eigenvalue weighted by atomic mass is 10.2. The molecule has 0 amide bonds. The molecule has 1 rings (SSSR count). The number of aromatic nitrogens is 1. The van der Waals surface area contributed by atoms with Gasteiger partial charge in [-0.15, -0.1) is 0 Å². The third-order valence-corrected chi connectivity index (χ3v) is 2.69. The Morgan fingerprint density at radius 2 is 2.33 bits per heavy atom. The quantitative estimate of drug-likeness (QED) is 0.731. The molecule has 0 aromatic carbocycles. The summed E-state index contributed by atoms with van der Waals surface area (Å²) < 4.78 is 0.872. The molecule has 64 valence electrons. The number of halogens is 1. The Morgan fingerprint density at radius 1 is 1.67 bits per heavy atom. The molecule has 1 aromatic heterocycles. The van der Waals surface area contributed by atoms with Gasteiger partial charge in [0.1, 0.15) is 6.04 Å². The van der Waals surface area contributed by atoms with Gasteiger partial charge in [0.15, 0.2) is 0 Å². The Kier molecular flexibility index (Phi) is 2.92. The van der Waals surface area contributed by atoms with Crippen molar-refractivity contribution >= 4 is 15.9 Å². The Bertz CT molecular complexity index is 301. The Labute approximate surface area is 79.3 Å². The van der Waals surface area contributed by atoms with Gasteiger partial charge in [-0.2, -0.15) is 4.91 Å². The van der Waals surface area contributed by atoms with Crippen LogP contribution in [0.1, 0.15) is 24.2 Å². The van der Waals surface area contributed by atoms with Gasteiger partial charge in [0.2, 0.25) is 0 Å². The largest absolute Gasteiger partial charge is 0.258 e. The summed E-state index contributed by atoms with van der Waals surface area (Å²) in [6.45, 7) is 3.67. The average Bonchev–Trinajstić information content (AvgIpc) is 2.08. The summed E-state index contributed by atoms with van der Waals surface area (Å²) in [4.78, 5) is 14.3. The van der Waals surface area contributed by atoms with Crippen molar-refractivity contribution in [2.24, 2.45) is 5.18 Å². The number of aryl methyl sites for hydroxylation is 1. The van der Waals surface area contributed by atoms with Gasteiger partial charge in [0.25, 0.3) is 0 Å². The zero-order valence-corrected chi connectivity index (χ0v) is 8.50. The standard InChI is InChI=1S/C8H9BrN2O/c1-5-3-4-10-8(7(5)9)6(2)11-12/h3-4,6H,1-2H3. The van der Waals surface area contributed by atoms with Gasteiger partial charge in [-0.05, 0) is 41.4 Å². The van der Waals surface area contributed by atoms with Crippen molar-refractivity contribution in [3.05, 3.63) is 32.9 Å². The van der Waals surface area contributed by atoms with Crippen LogP contribution in [0.3, 0.4) is 0 Å². The van der Waals surface area contributed by atoms with Gasteiger partial charge in [0.05, 0.1) is 5.69 Å². The highest BCUT2D eigenvalue weighted by Crippen LogP contribution is 2.25. The molecule has 3 nitrogen and oxygen atoms in total. The van der Waals surface area contributed by atoms with E-state index in [1.165, 1.54) is 0 Å². The number of pyridine rings is 1. The van der Waals surface area contributed by atoms with E-state index >= 15 is 0 Å². The minimum absolute atomic E-state index is 0.390. The molecule has 1 unspecified atom stereocenters. The molecule has 12 heavy (non-hydrogen) atoms. The average molecular weight is 229 g/mol. The van der Waals surface area contributed by atoms with E-state index in [4.69, 9.17) is 0 Å². The van der Waals surface area contributed by atoms with E-state index in [1.54, 1.807) is 13.1 Å². The van der Waals surface area contributed by atoms with Crippen LogP contribution in [0.4, 0.5) is 0 Å². The van der Waals surface area contributed by atoms with Crippen LogP contribution in [-0.4, -0.2) is 4.98 Å². The zero-order chi connectivity index (χ0) is 9.14. The molecular formula is C8H9BrN2O. The predicted molar refractivity (Wildman–Crippen MR) is 50.9 cm³/mol. The Morgan fingerprint density at radius 3 is 2.92 bits per heavy atom. The van der Waals surface area contributed by atoms with Crippen molar-refractivity contribution in [2.45, 2.75) is 19.9 Å². The first-order chi connectivity index (χ1) is 5.66. The maximum absolute atomic E-state index is 10.3. The summed E-state index contributed by atoms with van der Waals surface area (Å²) in [7, 11) is 0. The number of nitroso groups, excluding NO2 is 1. The predicted octanol–water partition coefficient (Wildman–Crippen LogP) is 2.98. The van der Waals surface area contributed by atoms with Crippen molar-refractivity contribution in [3.8, 4) is 0 Å². The van der Waals surface area contributed by atoms with Crippen LogP contribution in [0.25, 0.3) is 0 Å². The van der Waals surface area contributed by atoms with Crippen LogP contribution in [0.15, 0.2) is 21.9 Å². The van der Waals surface area contributed by atoms with E-state index in [9.17, 15) is 4.91 Å². The number of hydrogen-bond acceptors (Lipinski definition) is 3. The summed E-state index contributed by atoms with van der Waals surface area (Å²) in [5.74, 6) is 0. The summed E-state index contributed by atoms with van der Waals surface area (Å²) in [6, 6.07) is 1.49. The minimum Gasteiger partial charge on any atom is -0.258 e. The second-order valence-corrected chi connectivity index (χ2v) is 3.40. The summed E-state index contributed by atoms with van der Waals surface area (Å²) in [6.07, 6.45) is 1.68. The van der Waals surface area contributed by atoms with Gasteiger partial charge < -0.3 is 0 Å². The molecule has 0 saturated carbocycles. The highest BCUT2D eigenvalue weighted by Gasteiger charge is 2.11. The molecule has 0 aliphatic rings. The fraction of sp³-hybridized carbons (Fsp3) is 0.375. The molecule has 0 N–H and O–H groups in total. The van der Waals surface area contributed by atoms with E-state index in [0.29, 0.717) is 5.69 Å². The van der Waals surface area contributed by atoms with Gasteiger partial charge in [-0.3, -0.25) is 4.98 Å². The maximum atomic E-state index is 10.3. The Hall–Kier alpha value is -0.770. The molecule has 0 fully saturated rings. The molecule has 0 bridgehead atoms. The zero-order valence-electron chi connectivity index (χ0n) is 6.91. The molecule has 0 saturated heterocycles. The van der Waals surface area contributed by atoms with Crippen molar-refractivity contribution in [3.63, 3.8) is 0 Å². The van der Waals surface area contributed by atoms with E-state index in [0.717, 1.165) is 10.0 Å². The van der Waals surface area contributed by atoms with Crippen LogP contribution in [0.2, 0.25) is 0 Å². The van der Waals surface area contributed by atoms with Crippen molar-refractivity contribution in [1.82, 2.24) is 4.98 Å². The lowest BCUT2D eigenvalue weighted by Gasteiger charge is -2.06. The first kappa shape index (κ1) is 9.32. The molecular weight excluding hydrogens is 220 g/mol. The number of nitrogens with zero attached hydrogens (tertiary/aromatic N) is 2. The Balaban J connectivity index is 3.15. The fourth-order valence-electron chi connectivity index (χ4n) is 0.902. The van der Waals surface area contributed by atoms with Crippen LogP contribution in [-0.2, 0) is 0 Å². The topological polar surface area (TPSA) is 42.3 Å². The van der Waals surface area contributed by atoms with E-state index in [-0.39, 0.29) is 6.04 Å². The molecule has 1 aromatic rings. The molecule has 0 spiro atoms. The monoisotopic (exact) mass is 228 g/mol. The fourth-order valence-corrected chi connectivity index (χ4v) is 1.47. The van der Waals surface area contributed by atoms with Crippen molar-refractivity contribution in [2.75, 3.05) is 0 Å². The van der Waals surface area contributed by atoms with Gasteiger partial charge in [0, 0.05) is 10.7 Å². The lowest BCUT2D eigenvalue weighted by Crippen LogP contribution is -1.95. The SMILES string of the molecule is Cc1ccnc(C(C)N=O)c1Br. The smallest absolute Gasteiger partial charge is 0.132 e. The highest BCUT2D eigenvalue weighted by molar-refractivity contribution is 9.10. The molecule has 0 aliphatic carbocycles. The van der Waals surface area contributed by atoms with Gasteiger partial charge in [-0.25, -0.2) is 0 Å². The number of hydrogen-bond donors (Lipinski definition) is 0. The maximum Gasteiger partial charge on any atom is 0.132 e. The van der Waals surface area contributed by atoms with Gasteiger partial charge in [-0.1, -0.05) is 5.18 Å². The molecule has 1 heterocycles. The van der Waals surface area contributed by atoms with E-state index < -0.39 is 0 Å². The molecule has 0 aliphatic heterocycles. The minimum atomic E-state index is -0.390. The molecule has 1 atom stereocenters. The first-order valence-electron chi connectivity index (χ1n) is 3.60. The van der Waals surface area contributed by atoms with Crippen LogP contribution < -0.4 is 0 Å². The summed E-state index contributed by atoms with van der Waals surface area (Å²) in [5, 5.41) is 2.92. The second-order valence-electron chi connectivity index (χ2n) is 2.61. The van der Waals surface area contributed by atoms with Crippen molar-refractivity contribution in [1.29, 1.82) is 0 Å². The third-order valence-electron chi connectivity index (χ3n) is 1.66. The van der Waals surface area contributed by atoms with Crippen LogP contribution >= 0.6 is 15.9 Å². The normalized spacial score (nSPS) is 12.6. The highest BCUT2D eigenvalue weighted by atomic mass is 79.9. The summed E-state index contributed by atoms with van der Waals surface area (Å²) in [5.41, 5.74) is 1.76. The lowest BCUT2D eigenvalue weighted by molar-refractivity contribution is 0.768. The third kappa shape index (κ3) is 1.69. The molecule has 4 heteroatoms. The van der Waals surface area contributed by atoms with Crippen LogP contribution in [0.5, 0.6) is 0 Å². The summed E-state index contributed by atoms with van der Waals surface area (Å²) >= 11 is 3.36. The van der Waals surface area contributed by atoms with E-state index in [2.05, 4.69) is 26.1 Å². The van der Waals surface area contributed by atoms with Gasteiger partial charge >= 0.3 is 0 Å².